The Bertz CT molecular complexity index is 513. The predicted molar refractivity (Wildman–Crippen MR) is 79.5 cm³/mol. The molecule has 0 spiro atoms. The molecule has 0 saturated carbocycles. The van der Waals surface area contributed by atoms with Crippen molar-refractivity contribution in [3.05, 3.63) is 22.7 Å². The van der Waals surface area contributed by atoms with Gasteiger partial charge in [-0.25, -0.2) is 9.78 Å². The summed E-state index contributed by atoms with van der Waals surface area (Å²) in [5.41, 5.74) is -0.302. The van der Waals surface area contributed by atoms with Gasteiger partial charge < -0.3 is 19.7 Å². The average molecular weight is 297 g/mol. The van der Waals surface area contributed by atoms with Crippen LogP contribution in [0.1, 0.15) is 26.7 Å². The smallest absolute Gasteiger partial charge is 0.326 e. The summed E-state index contributed by atoms with van der Waals surface area (Å²) in [5.74, 6) is -0.621. The fraction of sp³-hybridized carbons (Fsp3) is 0.643. The quantitative estimate of drug-likeness (QED) is 0.665. The highest BCUT2D eigenvalue weighted by Gasteiger charge is 2.19. The van der Waals surface area contributed by atoms with Gasteiger partial charge in [0.2, 0.25) is 0 Å². The normalized spacial score (nSPS) is 12.4. The summed E-state index contributed by atoms with van der Waals surface area (Å²) in [7, 11) is 1.56. The lowest BCUT2D eigenvalue weighted by Crippen LogP contribution is -2.34. The molecule has 7 nitrogen and oxygen atoms in total. The number of nitrogens with zero attached hydrogens (tertiary/aromatic N) is 2. The molecule has 0 aliphatic heterocycles. The molecule has 0 aliphatic rings. The molecule has 1 aromatic rings. The average Bonchev–Trinajstić information content (AvgIpc) is 2.41. The van der Waals surface area contributed by atoms with Gasteiger partial charge in [0.1, 0.15) is 6.04 Å². The summed E-state index contributed by atoms with van der Waals surface area (Å²) < 4.78 is 6.44. The first-order valence-corrected chi connectivity index (χ1v) is 6.99. The highest BCUT2D eigenvalue weighted by molar-refractivity contribution is 5.76. The lowest BCUT2D eigenvalue weighted by Gasteiger charge is -2.16. The van der Waals surface area contributed by atoms with Crippen molar-refractivity contribution >= 4 is 11.8 Å². The number of carbonyl (C=O) groups is 1. The zero-order chi connectivity index (χ0) is 15.8. The topological polar surface area (TPSA) is 93.5 Å². The van der Waals surface area contributed by atoms with E-state index in [2.05, 4.69) is 10.3 Å². The Balaban J connectivity index is 2.84. The van der Waals surface area contributed by atoms with E-state index < -0.39 is 12.0 Å². The first kappa shape index (κ1) is 17.2. The second kappa shape index (κ2) is 8.41. The summed E-state index contributed by atoms with van der Waals surface area (Å²) >= 11 is 0. The molecule has 0 amide bonds. The van der Waals surface area contributed by atoms with Crippen LogP contribution in [0.3, 0.4) is 0 Å². The minimum Gasteiger partial charge on any atom is -0.480 e. The van der Waals surface area contributed by atoms with Crippen LogP contribution in [0.25, 0.3) is 0 Å². The Morgan fingerprint density at radius 2 is 2.24 bits per heavy atom. The van der Waals surface area contributed by atoms with Gasteiger partial charge in [0.25, 0.3) is 5.56 Å². The van der Waals surface area contributed by atoms with Gasteiger partial charge in [-0.05, 0) is 18.8 Å². The van der Waals surface area contributed by atoms with Crippen LogP contribution in [0.2, 0.25) is 0 Å². The number of hydrogen-bond acceptors (Lipinski definition) is 5. The summed E-state index contributed by atoms with van der Waals surface area (Å²) in [5, 5.41) is 11.9. The summed E-state index contributed by atoms with van der Waals surface area (Å²) in [6, 6.07) is -0.852. The van der Waals surface area contributed by atoms with Crippen LogP contribution < -0.4 is 10.9 Å². The van der Waals surface area contributed by atoms with Crippen molar-refractivity contribution in [3.63, 3.8) is 0 Å². The van der Waals surface area contributed by atoms with Crippen molar-refractivity contribution in [1.29, 1.82) is 0 Å². The number of aromatic nitrogens is 2. The van der Waals surface area contributed by atoms with E-state index >= 15 is 0 Å². The van der Waals surface area contributed by atoms with Gasteiger partial charge >= 0.3 is 5.97 Å². The van der Waals surface area contributed by atoms with Crippen LogP contribution in [0.5, 0.6) is 0 Å². The van der Waals surface area contributed by atoms with Crippen LogP contribution in [-0.2, 0) is 16.1 Å². The molecular formula is C14H23N3O4. The number of carboxylic acids is 1. The Labute approximate surface area is 124 Å². The molecule has 0 bridgehead atoms. The fourth-order valence-corrected chi connectivity index (χ4v) is 1.94. The molecule has 21 heavy (non-hydrogen) atoms. The van der Waals surface area contributed by atoms with E-state index in [-0.39, 0.29) is 11.4 Å². The third kappa shape index (κ3) is 5.55. The number of aliphatic carboxylic acids is 1. The summed E-state index contributed by atoms with van der Waals surface area (Å²) in [6.45, 7) is 5.05. The van der Waals surface area contributed by atoms with Gasteiger partial charge in [-0.1, -0.05) is 13.8 Å². The second-order valence-corrected chi connectivity index (χ2v) is 5.30. The molecule has 2 N–H and O–H groups in total. The van der Waals surface area contributed by atoms with Gasteiger partial charge in [-0.15, -0.1) is 0 Å². The zero-order valence-electron chi connectivity index (χ0n) is 12.7. The molecule has 1 aromatic heterocycles. The Kier molecular flexibility index (Phi) is 6.87. The molecule has 1 atom stereocenters. The molecule has 7 heteroatoms. The van der Waals surface area contributed by atoms with Crippen LogP contribution in [-0.4, -0.2) is 40.4 Å². The maximum absolute atomic E-state index is 12.2. The minimum absolute atomic E-state index is 0.0722. The first-order chi connectivity index (χ1) is 9.95. The van der Waals surface area contributed by atoms with Crippen molar-refractivity contribution < 1.29 is 14.6 Å². The number of hydrogen-bond donors (Lipinski definition) is 2. The summed E-state index contributed by atoms with van der Waals surface area (Å²) in [6.07, 6.45) is 4.06. The fourth-order valence-electron chi connectivity index (χ4n) is 1.94. The van der Waals surface area contributed by atoms with Crippen molar-refractivity contribution in [3.8, 4) is 0 Å². The number of anilines is 1. The van der Waals surface area contributed by atoms with Crippen molar-refractivity contribution in [2.24, 2.45) is 5.92 Å². The van der Waals surface area contributed by atoms with Crippen molar-refractivity contribution in [1.82, 2.24) is 9.55 Å². The molecule has 0 aliphatic carbocycles. The van der Waals surface area contributed by atoms with Crippen molar-refractivity contribution in [2.75, 3.05) is 19.0 Å². The van der Waals surface area contributed by atoms with Crippen LogP contribution in [0.15, 0.2) is 17.2 Å². The molecule has 1 unspecified atom stereocenters. The molecule has 0 radical (unpaired) electrons. The second-order valence-electron chi connectivity index (χ2n) is 5.30. The molecule has 0 saturated heterocycles. The summed E-state index contributed by atoms with van der Waals surface area (Å²) in [4.78, 5) is 27.4. The highest BCUT2D eigenvalue weighted by atomic mass is 16.5. The third-order valence-electron chi connectivity index (χ3n) is 2.93. The Morgan fingerprint density at radius 3 is 2.81 bits per heavy atom. The SMILES string of the molecule is COCCCC(Nc1nccn(CC(C)C)c1=O)C(=O)O. The number of ether oxygens (including phenoxy) is 1. The zero-order valence-corrected chi connectivity index (χ0v) is 12.7. The lowest BCUT2D eigenvalue weighted by atomic mass is 10.1. The van der Waals surface area contributed by atoms with E-state index in [1.165, 1.54) is 10.8 Å². The van der Waals surface area contributed by atoms with Gasteiger partial charge in [0.15, 0.2) is 5.82 Å². The van der Waals surface area contributed by atoms with E-state index in [0.29, 0.717) is 31.9 Å². The molecule has 1 heterocycles. The van der Waals surface area contributed by atoms with E-state index in [9.17, 15) is 14.7 Å². The van der Waals surface area contributed by atoms with Gasteiger partial charge in [-0.3, -0.25) is 4.79 Å². The van der Waals surface area contributed by atoms with E-state index in [4.69, 9.17) is 4.74 Å². The maximum Gasteiger partial charge on any atom is 0.326 e. The number of nitrogens with one attached hydrogen (secondary N) is 1. The van der Waals surface area contributed by atoms with E-state index in [0.717, 1.165) is 0 Å². The third-order valence-corrected chi connectivity index (χ3v) is 2.93. The van der Waals surface area contributed by atoms with Crippen LogP contribution in [0, 0.1) is 5.92 Å². The van der Waals surface area contributed by atoms with Crippen molar-refractivity contribution in [2.45, 2.75) is 39.3 Å². The number of rotatable bonds is 9. The molecule has 0 fully saturated rings. The largest absolute Gasteiger partial charge is 0.480 e. The molecule has 118 valence electrons. The maximum atomic E-state index is 12.2. The van der Waals surface area contributed by atoms with Gasteiger partial charge in [-0.2, -0.15) is 0 Å². The number of methoxy groups -OCH3 is 1. The van der Waals surface area contributed by atoms with E-state index in [1.807, 2.05) is 13.8 Å². The van der Waals surface area contributed by atoms with Crippen LogP contribution >= 0.6 is 0 Å². The van der Waals surface area contributed by atoms with Gasteiger partial charge in [0, 0.05) is 32.7 Å². The van der Waals surface area contributed by atoms with E-state index in [1.54, 1.807) is 13.3 Å². The first-order valence-electron chi connectivity index (χ1n) is 6.99. The Morgan fingerprint density at radius 1 is 1.52 bits per heavy atom. The van der Waals surface area contributed by atoms with Crippen LogP contribution in [0.4, 0.5) is 5.82 Å². The standard InChI is InChI=1S/C14H23N3O4/c1-10(2)9-17-7-6-15-12(13(17)18)16-11(14(19)20)5-4-8-21-3/h6-7,10-11H,4-5,8-9H2,1-3H3,(H,15,16)(H,19,20). The number of carboxylic acid groups (broad SMARTS) is 1. The minimum atomic E-state index is -1.01. The monoisotopic (exact) mass is 297 g/mol. The van der Waals surface area contributed by atoms with Gasteiger partial charge in [0.05, 0.1) is 0 Å². The Hall–Kier alpha value is -1.89. The predicted octanol–water partition coefficient (Wildman–Crippen LogP) is 1.19. The molecular weight excluding hydrogens is 274 g/mol. The highest BCUT2D eigenvalue weighted by Crippen LogP contribution is 2.05. The lowest BCUT2D eigenvalue weighted by molar-refractivity contribution is -0.138. The molecule has 1 rings (SSSR count). The molecule has 0 aromatic carbocycles.